The van der Waals surface area contributed by atoms with E-state index in [1.165, 1.54) is 4.31 Å². The van der Waals surface area contributed by atoms with Crippen LogP contribution in [-0.4, -0.2) is 44.3 Å². The maximum absolute atomic E-state index is 14.0. The quantitative estimate of drug-likeness (QED) is 0.193. The molecular weight excluding hydrogens is 626 g/mol. The van der Waals surface area contributed by atoms with Gasteiger partial charge in [-0.1, -0.05) is 96.5 Å². The van der Waals surface area contributed by atoms with E-state index in [-0.39, 0.29) is 37.2 Å². The summed E-state index contributed by atoms with van der Waals surface area (Å²) in [5.41, 5.74) is 2.49. The summed E-state index contributed by atoms with van der Waals surface area (Å²) in [6.45, 7) is 4.98. The van der Waals surface area contributed by atoms with Gasteiger partial charge in [-0.15, -0.1) is 0 Å². The van der Waals surface area contributed by atoms with Crippen molar-refractivity contribution in [1.82, 2.24) is 10.2 Å². The van der Waals surface area contributed by atoms with Gasteiger partial charge in [-0.3, -0.25) is 13.9 Å². The van der Waals surface area contributed by atoms with E-state index >= 15 is 0 Å². The topological polar surface area (TPSA) is 86.8 Å². The Morgan fingerprint density at radius 1 is 0.884 bits per heavy atom. The molecule has 0 fully saturated rings. The fourth-order valence-corrected chi connectivity index (χ4v) is 7.49. The van der Waals surface area contributed by atoms with Crippen molar-refractivity contribution in [3.05, 3.63) is 107 Å². The van der Waals surface area contributed by atoms with Gasteiger partial charge in [-0.2, -0.15) is 0 Å². The van der Waals surface area contributed by atoms with Gasteiger partial charge in [0.05, 0.1) is 10.6 Å². The first kappa shape index (κ1) is 30.8. The van der Waals surface area contributed by atoms with Crippen molar-refractivity contribution in [2.24, 2.45) is 5.92 Å². The summed E-state index contributed by atoms with van der Waals surface area (Å²) in [4.78, 5) is 29.6. The number of benzene rings is 4. The van der Waals surface area contributed by atoms with Crippen LogP contribution in [0.4, 0.5) is 5.69 Å². The van der Waals surface area contributed by atoms with Crippen LogP contribution in [-0.2, 0) is 32.6 Å². The summed E-state index contributed by atoms with van der Waals surface area (Å²) in [6.07, 6.45) is 0.771. The number of hydrogen-bond donors (Lipinski definition) is 1. The van der Waals surface area contributed by atoms with E-state index in [9.17, 15) is 18.0 Å². The Kier molecular flexibility index (Phi) is 9.52. The molecule has 0 spiro atoms. The van der Waals surface area contributed by atoms with Gasteiger partial charge in [0.15, 0.2) is 0 Å². The van der Waals surface area contributed by atoms with Crippen molar-refractivity contribution in [3.8, 4) is 0 Å². The lowest BCUT2D eigenvalue weighted by atomic mass is 10.0. The summed E-state index contributed by atoms with van der Waals surface area (Å²) < 4.78 is 29.2. The molecule has 1 aliphatic rings. The predicted octanol–water partition coefficient (Wildman–Crippen LogP) is 6.30. The van der Waals surface area contributed by atoms with E-state index in [2.05, 4.69) is 21.2 Å². The van der Waals surface area contributed by atoms with E-state index in [1.54, 1.807) is 17.0 Å². The molecule has 1 aliphatic heterocycles. The van der Waals surface area contributed by atoms with Gasteiger partial charge in [-0.25, -0.2) is 8.42 Å². The Morgan fingerprint density at radius 3 is 2.28 bits per heavy atom. The maximum atomic E-state index is 14.0. The number of amides is 2. The number of nitrogens with zero attached hydrogens (tertiary/aromatic N) is 2. The molecule has 2 amide bonds. The van der Waals surface area contributed by atoms with Gasteiger partial charge in [0.25, 0.3) is 10.0 Å². The molecule has 4 aromatic rings. The van der Waals surface area contributed by atoms with Crippen LogP contribution in [0.1, 0.15) is 37.8 Å². The molecule has 7 nitrogen and oxygen atoms in total. The van der Waals surface area contributed by atoms with E-state index in [0.717, 1.165) is 26.4 Å². The molecule has 1 unspecified atom stereocenters. The number of carbonyl (C=O) groups excluding carboxylic acids is 2. The monoisotopic (exact) mass is 661 g/mol. The molecule has 43 heavy (non-hydrogen) atoms. The first-order valence-corrected chi connectivity index (χ1v) is 16.8. The van der Waals surface area contributed by atoms with Crippen LogP contribution in [0.5, 0.6) is 0 Å². The molecule has 224 valence electrons. The minimum absolute atomic E-state index is 0.0949. The number of hydrogen-bond acceptors (Lipinski definition) is 4. The van der Waals surface area contributed by atoms with Gasteiger partial charge < -0.3 is 10.2 Å². The Hall–Kier alpha value is -3.69. The maximum Gasteiger partial charge on any atom is 0.265 e. The Morgan fingerprint density at radius 2 is 1.58 bits per heavy atom. The summed E-state index contributed by atoms with van der Waals surface area (Å²) in [5, 5.41) is 4.63. The Bertz CT molecular complexity index is 1700. The molecule has 0 aliphatic carbocycles. The van der Waals surface area contributed by atoms with Crippen LogP contribution in [0.25, 0.3) is 10.8 Å². The minimum Gasteiger partial charge on any atom is -0.354 e. The second kappa shape index (κ2) is 13.3. The normalized spacial score (nSPS) is 14.2. The third kappa shape index (κ3) is 6.94. The van der Waals surface area contributed by atoms with Crippen LogP contribution >= 0.6 is 15.9 Å². The number of rotatable bonds is 12. The fourth-order valence-electron chi connectivity index (χ4n) is 5.48. The predicted molar refractivity (Wildman–Crippen MR) is 174 cm³/mol. The highest BCUT2D eigenvalue weighted by molar-refractivity contribution is 9.10. The van der Waals surface area contributed by atoms with Crippen LogP contribution < -0.4 is 9.62 Å². The molecule has 1 atom stereocenters. The second-order valence-electron chi connectivity index (χ2n) is 11.3. The van der Waals surface area contributed by atoms with Gasteiger partial charge in [0.1, 0.15) is 6.04 Å². The molecule has 0 saturated carbocycles. The summed E-state index contributed by atoms with van der Waals surface area (Å²) >= 11 is 3.47. The van der Waals surface area contributed by atoms with Crippen LogP contribution in [0.15, 0.2) is 100 Å². The average Bonchev–Trinajstić information content (AvgIpc) is 3.22. The van der Waals surface area contributed by atoms with Gasteiger partial charge >= 0.3 is 0 Å². The zero-order valence-electron chi connectivity index (χ0n) is 24.4. The zero-order valence-corrected chi connectivity index (χ0v) is 26.8. The summed E-state index contributed by atoms with van der Waals surface area (Å²) in [5.74, 6) is -0.143. The number of nitrogens with one attached hydrogen (secondary N) is 1. The largest absolute Gasteiger partial charge is 0.354 e. The standard InChI is InChI=1S/C34H36BrN3O4S/c1-24(2)22-36-34(40)30(21-25-9-4-3-5-10-25)37(23-26-16-18-28(35)19-17-26)32(39)15-8-20-38-29-13-6-11-27-12-7-14-31(33(27)29)43(38,41)42/h3-7,9-14,16-19,24,30H,8,15,20-23H2,1-2H3,(H,36,40). The molecule has 1 heterocycles. The Labute approximate surface area is 262 Å². The lowest BCUT2D eigenvalue weighted by Gasteiger charge is -2.32. The van der Waals surface area contributed by atoms with Crippen LogP contribution in [0.2, 0.25) is 0 Å². The van der Waals surface area contributed by atoms with Crippen molar-refractivity contribution in [3.63, 3.8) is 0 Å². The zero-order chi connectivity index (χ0) is 30.6. The lowest BCUT2D eigenvalue weighted by Crippen LogP contribution is -2.51. The van der Waals surface area contributed by atoms with Crippen LogP contribution in [0, 0.1) is 5.92 Å². The summed E-state index contributed by atoms with van der Waals surface area (Å²) in [6, 6.07) is 27.5. The van der Waals surface area contributed by atoms with Crippen molar-refractivity contribution < 1.29 is 18.0 Å². The highest BCUT2D eigenvalue weighted by Crippen LogP contribution is 2.42. The first-order chi connectivity index (χ1) is 20.6. The average molecular weight is 663 g/mol. The second-order valence-corrected chi connectivity index (χ2v) is 14.1. The van der Waals surface area contributed by atoms with Crippen molar-refractivity contribution >= 4 is 54.2 Å². The third-order valence-electron chi connectivity index (χ3n) is 7.65. The van der Waals surface area contributed by atoms with Gasteiger partial charge in [0, 0.05) is 42.3 Å². The van der Waals surface area contributed by atoms with E-state index < -0.39 is 16.1 Å². The molecule has 9 heteroatoms. The van der Waals surface area contributed by atoms with Crippen LogP contribution in [0.3, 0.4) is 0 Å². The van der Waals surface area contributed by atoms with Gasteiger partial charge in [0.2, 0.25) is 11.8 Å². The SMILES string of the molecule is CC(C)CNC(=O)C(Cc1ccccc1)N(Cc1ccc(Br)cc1)C(=O)CCCN1c2cccc3cccc(c23)S1(=O)=O. The number of sulfonamides is 1. The highest BCUT2D eigenvalue weighted by Gasteiger charge is 2.36. The molecule has 0 aromatic heterocycles. The molecule has 0 radical (unpaired) electrons. The molecule has 1 N–H and O–H groups in total. The first-order valence-electron chi connectivity index (χ1n) is 14.5. The van der Waals surface area contributed by atoms with Crippen molar-refractivity contribution in [1.29, 1.82) is 0 Å². The number of halogens is 1. The summed E-state index contributed by atoms with van der Waals surface area (Å²) in [7, 11) is -3.72. The van der Waals surface area contributed by atoms with E-state index in [0.29, 0.717) is 30.0 Å². The molecule has 4 aromatic carbocycles. The van der Waals surface area contributed by atoms with E-state index in [1.807, 2.05) is 92.7 Å². The fraction of sp³-hybridized carbons (Fsp3) is 0.294. The number of anilines is 1. The Balaban J connectivity index is 1.39. The van der Waals surface area contributed by atoms with Gasteiger partial charge in [-0.05, 0) is 53.1 Å². The lowest BCUT2D eigenvalue weighted by molar-refractivity contribution is -0.141. The highest BCUT2D eigenvalue weighted by atomic mass is 79.9. The minimum atomic E-state index is -3.72. The molecule has 5 rings (SSSR count). The van der Waals surface area contributed by atoms with Crippen molar-refractivity contribution in [2.45, 2.75) is 50.6 Å². The number of carbonyl (C=O) groups is 2. The smallest absolute Gasteiger partial charge is 0.265 e. The molecular formula is C34H36BrN3O4S. The van der Waals surface area contributed by atoms with Crippen molar-refractivity contribution in [2.75, 3.05) is 17.4 Å². The molecule has 0 bridgehead atoms. The third-order valence-corrected chi connectivity index (χ3v) is 10.0. The van der Waals surface area contributed by atoms with E-state index in [4.69, 9.17) is 0 Å². The molecule has 0 saturated heterocycles.